The molecule has 7 nitrogen and oxygen atoms in total. The van der Waals surface area contributed by atoms with Crippen LogP contribution in [0.15, 0.2) is 60.7 Å². The van der Waals surface area contributed by atoms with E-state index in [0.717, 1.165) is 34.2 Å². The lowest BCUT2D eigenvalue weighted by molar-refractivity contribution is -0.123. The Bertz CT molecular complexity index is 1250. The van der Waals surface area contributed by atoms with Gasteiger partial charge in [-0.25, -0.2) is 4.98 Å². The number of aromatic nitrogens is 2. The summed E-state index contributed by atoms with van der Waals surface area (Å²) in [5.41, 5.74) is 6.92. The molecule has 2 amide bonds. The van der Waals surface area contributed by atoms with Crippen LogP contribution in [0.2, 0.25) is 0 Å². The van der Waals surface area contributed by atoms with Crippen LogP contribution in [0.25, 0.3) is 21.8 Å². The monoisotopic (exact) mass is 402 g/mol. The lowest BCUT2D eigenvalue weighted by Crippen LogP contribution is -2.43. The van der Waals surface area contributed by atoms with Crippen molar-refractivity contribution in [3.63, 3.8) is 0 Å². The molecule has 4 rings (SSSR count). The van der Waals surface area contributed by atoms with Crippen molar-refractivity contribution in [1.82, 2.24) is 20.4 Å². The number of hydrogen-bond acceptors (Lipinski definition) is 4. The molecule has 0 saturated carbocycles. The van der Waals surface area contributed by atoms with Crippen LogP contribution < -0.4 is 15.6 Å². The number of aryl methyl sites for hydroxylation is 2. The first-order chi connectivity index (χ1) is 14.5. The summed E-state index contributed by atoms with van der Waals surface area (Å²) in [5.74, 6) is 0.607. The molecule has 7 heteroatoms. The molecule has 0 spiro atoms. The van der Waals surface area contributed by atoms with Crippen LogP contribution in [0.5, 0.6) is 5.75 Å². The number of carbonyl (C=O) groups is 2. The molecule has 0 saturated heterocycles. The molecule has 1 heterocycles. The van der Waals surface area contributed by atoms with Gasteiger partial charge in [-0.3, -0.25) is 20.4 Å². The standard InChI is InChI=1S/C23H22N4O3/c1-3-27-15(2)24-20-13-18(9-11-21(20)27)23(29)26-25-22(28)14-30-19-10-8-16-6-4-5-7-17(16)12-19/h4-13H,3,14H2,1-2H3,(H,25,28)(H,26,29). The van der Waals surface area contributed by atoms with E-state index in [1.165, 1.54) is 0 Å². The summed E-state index contributed by atoms with van der Waals surface area (Å²) >= 11 is 0. The van der Waals surface area contributed by atoms with Gasteiger partial charge < -0.3 is 9.30 Å². The minimum Gasteiger partial charge on any atom is -0.484 e. The molecule has 0 aliphatic carbocycles. The van der Waals surface area contributed by atoms with Crippen molar-refractivity contribution in [3.05, 3.63) is 72.1 Å². The van der Waals surface area contributed by atoms with E-state index in [1.807, 2.05) is 56.3 Å². The van der Waals surface area contributed by atoms with Gasteiger partial charge in [-0.2, -0.15) is 0 Å². The summed E-state index contributed by atoms with van der Waals surface area (Å²) in [4.78, 5) is 28.9. The number of hydrazine groups is 1. The highest BCUT2D eigenvalue weighted by Crippen LogP contribution is 2.20. The van der Waals surface area contributed by atoms with Gasteiger partial charge in [0.1, 0.15) is 11.6 Å². The number of imidazole rings is 1. The minimum absolute atomic E-state index is 0.211. The van der Waals surface area contributed by atoms with Crippen molar-refractivity contribution in [2.24, 2.45) is 0 Å². The molecule has 30 heavy (non-hydrogen) atoms. The number of carbonyl (C=O) groups excluding carboxylic acids is 2. The van der Waals surface area contributed by atoms with E-state index < -0.39 is 11.8 Å². The largest absolute Gasteiger partial charge is 0.484 e. The molecule has 0 atom stereocenters. The van der Waals surface area contributed by atoms with Crippen LogP contribution in [0.4, 0.5) is 0 Å². The number of rotatable bonds is 5. The van der Waals surface area contributed by atoms with Gasteiger partial charge in [0.25, 0.3) is 11.8 Å². The highest BCUT2D eigenvalue weighted by molar-refractivity contribution is 5.98. The molecule has 0 aliphatic rings. The van der Waals surface area contributed by atoms with Crippen LogP contribution >= 0.6 is 0 Å². The summed E-state index contributed by atoms with van der Waals surface area (Å²) in [7, 11) is 0. The van der Waals surface area contributed by atoms with Gasteiger partial charge in [0.2, 0.25) is 0 Å². The van der Waals surface area contributed by atoms with E-state index in [2.05, 4.69) is 20.4 Å². The average Bonchev–Trinajstić information content (AvgIpc) is 3.09. The number of benzene rings is 3. The van der Waals surface area contributed by atoms with Crippen molar-refractivity contribution in [2.75, 3.05) is 6.61 Å². The summed E-state index contributed by atoms with van der Waals surface area (Å²) in [6.45, 7) is 4.57. The molecule has 4 aromatic rings. The molecule has 2 N–H and O–H groups in total. The minimum atomic E-state index is -0.455. The zero-order valence-electron chi connectivity index (χ0n) is 16.8. The van der Waals surface area contributed by atoms with Gasteiger partial charge in [0, 0.05) is 12.1 Å². The third-order valence-corrected chi connectivity index (χ3v) is 4.92. The van der Waals surface area contributed by atoms with Crippen LogP contribution in [0.3, 0.4) is 0 Å². The van der Waals surface area contributed by atoms with Gasteiger partial charge in [-0.1, -0.05) is 30.3 Å². The first-order valence-corrected chi connectivity index (χ1v) is 9.73. The highest BCUT2D eigenvalue weighted by Gasteiger charge is 2.12. The number of ether oxygens (including phenoxy) is 1. The summed E-state index contributed by atoms with van der Waals surface area (Å²) in [6.07, 6.45) is 0. The van der Waals surface area contributed by atoms with Gasteiger partial charge in [-0.15, -0.1) is 0 Å². The maximum atomic E-state index is 12.4. The molecular formula is C23H22N4O3. The molecule has 0 bridgehead atoms. The summed E-state index contributed by atoms with van der Waals surface area (Å²) < 4.78 is 7.60. The highest BCUT2D eigenvalue weighted by atomic mass is 16.5. The zero-order valence-corrected chi connectivity index (χ0v) is 16.8. The average molecular weight is 402 g/mol. The molecule has 0 unspecified atom stereocenters. The van der Waals surface area contributed by atoms with E-state index in [1.54, 1.807) is 18.2 Å². The number of nitrogens with one attached hydrogen (secondary N) is 2. The topological polar surface area (TPSA) is 85.3 Å². The normalized spacial score (nSPS) is 10.9. The van der Waals surface area contributed by atoms with Crippen molar-refractivity contribution < 1.29 is 14.3 Å². The smallest absolute Gasteiger partial charge is 0.276 e. The Hall–Kier alpha value is -3.87. The third-order valence-electron chi connectivity index (χ3n) is 4.92. The summed E-state index contributed by atoms with van der Waals surface area (Å²) in [5, 5.41) is 2.12. The Morgan fingerprint density at radius 1 is 1.00 bits per heavy atom. The second kappa shape index (κ2) is 8.24. The fourth-order valence-corrected chi connectivity index (χ4v) is 3.43. The Morgan fingerprint density at radius 3 is 2.60 bits per heavy atom. The van der Waals surface area contributed by atoms with Crippen LogP contribution in [0.1, 0.15) is 23.1 Å². The first-order valence-electron chi connectivity index (χ1n) is 9.73. The lowest BCUT2D eigenvalue weighted by atomic mass is 10.1. The Balaban J connectivity index is 1.33. The number of amides is 2. The van der Waals surface area contributed by atoms with Gasteiger partial charge >= 0.3 is 0 Å². The van der Waals surface area contributed by atoms with E-state index in [4.69, 9.17) is 4.74 Å². The predicted molar refractivity (Wildman–Crippen MR) is 115 cm³/mol. The van der Waals surface area contributed by atoms with E-state index >= 15 is 0 Å². The Labute approximate surface area is 173 Å². The van der Waals surface area contributed by atoms with Crippen LogP contribution in [-0.4, -0.2) is 28.0 Å². The molecule has 0 aliphatic heterocycles. The van der Waals surface area contributed by atoms with E-state index in [0.29, 0.717) is 11.3 Å². The van der Waals surface area contributed by atoms with Crippen LogP contribution in [0, 0.1) is 6.92 Å². The zero-order chi connectivity index (χ0) is 21.1. The maximum absolute atomic E-state index is 12.4. The van der Waals surface area contributed by atoms with Crippen molar-refractivity contribution in [1.29, 1.82) is 0 Å². The van der Waals surface area contributed by atoms with Crippen molar-refractivity contribution >= 4 is 33.6 Å². The van der Waals surface area contributed by atoms with E-state index in [9.17, 15) is 9.59 Å². The maximum Gasteiger partial charge on any atom is 0.276 e. The number of nitrogens with zero attached hydrogens (tertiary/aromatic N) is 2. The molecule has 1 aromatic heterocycles. The van der Waals surface area contributed by atoms with Gasteiger partial charge in [0.15, 0.2) is 6.61 Å². The SMILES string of the molecule is CCn1c(C)nc2cc(C(=O)NNC(=O)COc3ccc4ccccc4c3)ccc21. The fourth-order valence-electron chi connectivity index (χ4n) is 3.43. The third kappa shape index (κ3) is 3.96. The molecule has 152 valence electrons. The fraction of sp³-hybridized carbons (Fsp3) is 0.174. The molecule has 0 fully saturated rings. The molecule has 3 aromatic carbocycles. The van der Waals surface area contributed by atoms with Crippen molar-refractivity contribution in [3.8, 4) is 5.75 Å². The Morgan fingerprint density at radius 2 is 1.80 bits per heavy atom. The number of hydrogen-bond donors (Lipinski definition) is 2. The molecule has 0 radical (unpaired) electrons. The van der Waals surface area contributed by atoms with Crippen LogP contribution in [-0.2, 0) is 11.3 Å². The Kier molecular flexibility index (Phi) is 5.34. The lowest BCUT2D eigenvalue weighted by Gasteiger charge is -2.09. The van der Waals surface area contributed by atoms with E-state index in [-0.39, 0.29) is 6.61 Å². The van der Waals surface area contributed by atoms with Crippen molar-refractivity contribution in [2.45, 2.75) is 20.4 Å². The predicted octanol–water partition coefficient (Wildman–Crippen LogP) is 3.36. The summed E-state index contributed by atoms with van der Waals surface area (Å²) in [6, 6.07) is 18.8. The second-order valence-electron chi connectivity index (χ2n) is 6.91. The van der Waals surface area contributed by atoms with Gasteiger partial charge in [-0.05, 0) is 55.0 Å². The first kappa shape index (κ1) is 19.4. The second-order valence-corrected chi connectivity index (χ2v) is 6.91. The van der Waals surface area contributed by atoms with Gasteiger partial charge in [0.05, 0.1) is 11.0 Å². The number of fused-ring (bicyclic) bond motifs is 2. The molecular weight excluding hydrogens is 380 g/mol. The quantitative estimate of drug-likeness (QED) is 0.501.